The fourth-order valence-corrected chi connectivity index (χ4v) is 4.02. The van der Waals surface area contributed by atoms with Crippen LogP contribution in [0.2, 0.25) is 0 Å². The van der Waals surface area contributed by atoms with Crippen LogP contribution in [0.3, 0.4) is 0 Å². The summed E-state index contributed by atoms with van der Waals surface area (Å²) in [5.74, 6) is -0.913. The molecule has 2 aromatic carbocycles. The van der Waals surface area contributed by atoms with E-state index in [1.54, 1.807) is 12.1 Å². The van der Waals surface area contributed by atoms with E-state index in [0.717, 1.165) is 24.3 Å². The number of nitrogens with two attached hydrogens (primary N) is 1. The normalized spacial score (nSPS) is 17.3. The minimum absolute atomic E-state index is 0.00340. The van der Waals surface area contributed by atoms with Crippen molar-refractivity contribution < 1.29 is 13.2 Å². The van der Waals surface area contributed by atoms with Gasteiger partial charge < -0.3 is 10.6 Å². The zero-order chi connectivity index (χ0) is 23.3. The van der Waals surface area contributed by atoms with Gasteiger partial charge in [-0.2, -0.15) is 5.10 Å². The van der Waals surface area contributed by atoms with Crippen molar-refractivity contribution in [3.8, 4) is 0 Å². The first-order valence-corrected chi connectivity index (χ1v) is 10.9. The van der Waals surface area contributed by atoms with Crippen molar-refractivity contribution in [2.45, 2.75) is 32.9 Å². The van der Waals surface area contributed by atoms with E-state index in [1.807, 2.05) is 4.90 Å². The van der Waals surface area contributed by atoms with Gasteiger partial charge in [0.25, 0.3) is 0 Å². The Morgan fingerprint density at radius 2 is 1.91 bits per heavy atom. The van der Waals surface area contributed by atoms with Crippen LogP contribution < -0.4 is 16.1 Å². The quantitative estimate of drug-likeness (QED) is 0.369. The number of nitrogens with zero attached hydrogens (tertiary/aromatic N) is 3. The van der Waals surface area contributed by atoms with E-state index >= 15 is 0 Å². The van der Waals surface area contributed by atoms with Crippen molar-refractivity contribution in [3.63, 3.8) is 0 Å². The van der Waals surface area contributed by atoms with Gasteiger partial charge in [-0.05, 0) is 48.3 Å². The fourth-order valence-electron chi connectivity index (χ4n) is 3.97. The minimum atomic E-state index is -0.580. The summed E-state index contributed by atoms with van der Waals surface area (Å²) in [5, 5.41) is 3.63. The molecule has 0 spiro atoms. The van der Waals surface area contributed by atoms with Crippen molar-refractivity contribution >= 4 is 29.2 Å². The largest absolute Gasteiger partial charge is 0.375 e. The first-order valence-electron chi connectivity index (χ1n) is 10.5. The molecule has 1 atom stereocenters. The summed E-state index contributed by atoms with van der Waals surface area (Å²) in [7, 11) is 0. The van der Waals surface area contributed by atoms with Crippen molar-refractivity contribution in [1.29, 1.82) is 0 Å². The van der Waals surface area contributed by atoms with Gasteiger partial charge in [0.2, 0.25) is 0 Å². The lowest BCUT2D eigenvalue weighted by Crippen LogP contribution is -2.53. The molecule has 0 unspecified atom stereocenters. The van der Waals surface area contributed by atoms with Crippen molar-refractivity contribution in [2.24, 2.45) is 16.8 Å². The number of halogens is 3. The highest BCUT2D eigenvalue weighted by atomic mass is 32.1. The third-order valence-electron chi connectivity index (χ3n) is 5.43. The van der Waals surface area contributed by atoms with Crippen LogP contribution in [0.4, 0.5) is 18.9 Å². The number of hydrogen-bond acceptors (Lipinski definition) is 4. The Morgan fingerprint density at radius 3 is 2.56 bits per heavy atom. The summed E-state index contributed by atoms with van der Waals surface area (Å²) in [5.41, 5.74) is 8.86. The molecule has 172 valence electrons. The number of rotatable bonds is 7. The Labute approximate surface area is 192 Å². The number of hydrogen-bond donors (Lipinski definition) is 2. The molecule has 3 rings (SSSR count). The predicted molar refractivity (Wildman–Crippen MR) is 126 cm³/mol. The maximum Gasteiger partial charge on any atom is 0.184 e. The maximum atomic E-state index is 14.9. The molecule has 1 heterocycles. The zero-order valence-corrected chi connectivity index (χ0v) is 19.0. The molecule has 1 aliphatic heterocycles. The van der Waals surface area contributed by atoms with Crippen LogP contribution in [0.5, 0.6) is 0 Å². The zero-order valence-electron chi connectivity index (χ0n) is 18.2. The Morgan fingerprint density at radius 1 is 1.19 bits per heavy atom. The van der Waals surface area contributed by atoms with Crippen LogP contribution in [0.15, 0.2) is 41.5 Å². The number of hydrazone groups is 1. The van der Waals surface area contributed by atoms with E-state index in [-0.39, 0.29) is 28.2 Å². The molecular formula is C23H28F3N5S. The van der Waals surface area contributed by atoms with E-state index in [1.165, 1.54) is 18.2 Å². The van der Waals surface area contributed by atoms with E-state index < -0.39 is 11.6 Å². The fraction of sp³-hybridized carbons (Fsp3) is 0.391. The predicted octanol–water partition coefficient (Wildman–Crippen LogP) is 4.01. The van der Waals surface area contributed by atoms with E-state index in [0.29, 0.717) is 32.1 Å². The lowest BCUT2D eigenvalue weighted by atomic mass is 9.98. The Kier molecular flexibility index (Phi) is 8.09. The molecule has 1 saturated heterocycles. The summed E-state index contributed by atoms with van der Waals surface area (Å²) >= 11 is 4.63. The molecule has 0 aromatic heterocycles. The van der Waals surface area contributed by atoms with Gasteiger partial charge >= 0.3 is 0 Å². The molecule has 32 heavy (non-hydrogen) atoms. The first-order chi connectivity index (χ1) is 15.2. The van der Waals surface area contributed by atoms with E-state index in [2.05, 4.69) is 41.5 Å². The lowest BCUT2D eigenvalue weighted by molar-refractivity contribution is 0.147. The molecule has 0 radical (unpaired) electrons. The molecule has 0 saturated carbocycles. The molecule has 0 bridgehead atoms. The Balaban J connectivity index is 1.76. The minimum Gasteiger partial charge on any atom is -0.375 e. The van der Waals surface area contributed by atoms with Gasteiger partial charge in [0, 0.05) is 43.9 Å². The summed E-state index contributed by atoms with van der Waals surface area (Å²) in [6.45, 7) is 6.80. The summed E-state index contributed by atoms with van der Waals surface area (Å²) in [6, 6.07) is 8.99. The van der Waals surface area contributed by atoms with Gasteiger partial charge in [0.15, 0.2) is 5.11 Å². The molecule has 0 aliphatic carbocycles. The molecule has 3 N–H and O–H groups in total. The van der Waals surface area contributed by atoms with Crippen LogP contribution in [-0.2, 0) is 6.54 Å². The Hall–Kier alpha value is -2.65. The SMILES string of the molecule is CC(C)C[C@H]1CN(c2cc(F)c(/C=N/NC(N)=S)cc2F)CCN1Cc1ccc(F)cc1. The summed E-state index contributed by atoms with van der Waals surface area (Å²) < 4.78 is 42.7. The molecule has 1 aliphatic rings. The third kappa shape index (κ3) is 6.43. The van der Waals surface area contributed by atoms with E-state index in [9.17, 15) is 13.2 Å². The van der Waals surface area contributed by atoms with Crippen molar-refractivity contribution in [1.82, 2.24) is 10.3 Å². The molecule has 9 heteroatoms. The second-order valence-electron chi connectivity index (χ2n) is 8.39. The number of piperazine rings is 1. The Bertz CT molecular complexity index is 965. The first kappa shape index (κ1) is 24.0. The second-order valence-corrected chi connectivity index (χ2v) is 8.83. The number of nitrogens with one attached hydrogen (secondary N) is 1. The van der Waals surface area contributed by atoms with Crippen LogP contribution in [0.1, 0.15) is 31.4 Å². The highest BCUT2D eigenvalue weighted by Gasteiger charge is 2.29. The summed E-state index contributed by atoms with van der Waals surface area (Å²) in [4.78, 5) is 4.22. The van der Waals surface area contributed by atoms with Crippen molar-refractivity contribution in [3.05, 3.63) is 65.0 Å². The standard InChI is InChI=1S/C23H28F3N5S/c1-15(2)9-19-14-31(8-7-30(19)13-16-3-5-18(24)6-4-16)22-11-20(25)17(10-21(22)26)12-28-29-23(27)32/h3-6,10-12,15,19H,7-9,13-14H2,1-2H3,(H3,27,29,32)/b28-12+/t19-/m0/s1. The third-order valence-corrected chi connectivity index (χ3v) is 5.52. The van der Waals surface area contributed by atoms with Crippen molar-refractivity contribution in [2.75, 3.05) is 24.5 Å². The van der Waals surface area contributed by atoms with Crippen LogP contribution in [0.25, 0.3) is 0 Å². The highest BCUT2D eigenvalue weighted by Crippen LogP contribution is 2.28. The molecule has 0 amide bonds. The topological polar surface area (TPSA) is 56.9 Å². The van der Waals surface area contributed by atoms with Crippen LogP contribution >= 0.6 is 12.2 Å². The number of anilines is 1. The van der Waals surface area contributed by atoms with Gasteiger partial charge in [0.1, 0.15) is 17.5 Å². The van der Waals surface area contributed by atoms with Gasteiger partial charge in [-0.3, -0.25) is 10.3 Å². The van der Waals surface area contributed by atoms with Crippen LogP contribution in [0, 0.1) is 23.4 Å². The lowest BCUT2D eigenvalue weighted by Gasteiger charge is -2.43. The monoisotopic (exact) mass is 463 g/mol. The van der Waals surface area contributed by atoms with Gasteiger partial charge in [-0.1, -0.05) is 26.0 Å². The van der Waals surface area contributed by atoms with Gasteiger partial charge in [-0.15, -0.1) is 0 Å². The molecule has 1 fully saturated rings. The second kappa shape index (κ2) is 10.8. The molecular weight excluding hydrogens is 435 g/mol. The maximum absolute atomic E-state index is 14.9. The smallest absolute Gasteiger partial charge is 0.184 e. The number of thiocarbonyl (C=S) groups is 1. The molecule has 2 aromatic rings. The average Bonchev–Trinajstić information content (AvgIpc) is 2.72. The van der Waals surface area contributed by atoms with Crippen LogP contribution in [-0.4, -0.2) is 41.9 Å². The average molecular weight is 464 g/mol. The van der Waals surface area contributed by atoms with E-state index in [4.69, 9.17) is 5.73 Å². The number of benzene rings is 2. The van der Waals surface area contributed by atoms with Gasteiger partial charge in [0.05, 0.1) is 11.9 Å². The summed E-state index contributed by atoms with van der Waals surface area (Å²) in [6.07, 6.45) is 2.06. The molecule has 5 nitrogen and oxygen atoms in total. The highest BCUT2D eigenvalue weighted by molar-refractivity contribution is 7.80. The van der Waals surface area contributed by atoms with Gasteiger partial charge in [-0.25, -0.2) is 13.2 Å².